The van der Waals surface area contributed by atoms with Gasteiger partial charge in [-0.05, 0) is 43.5 Å². The van der Waals surface area contributed by atoms with Crippen molar-refractivity contribution in [3.05, 3.63) is 35.4 Å². The molecule has 94 valence electrons. The van der Waals surface area contributed by atoms with Crippen molar-refractivity contribution in [3.63, 3.8) is 0 Å². The molecule has 0 bridgehead atoms. The smallest absolute Gasteiger partial charge is 0.0499 e. The van der Waals surface area contributed by atoms with Gasteiger partial charge in [-0.25, -0.2) is 0 Å². The fourth-order valence-corrected chi connectivity index (χ4v) is 2.86. The minimum atomic E-state index is 0.288. The van der Waals surface area contributed by atoms with Crippen LogP contribution in [-0.4, -0.2) is 24.0 Å². The van der Waals surface area contributed by atoms with Crippen LogP contribution in [0.3, 0.4) is 0 Å². The van der Waals surface area contributed by atoms with Crippen LogP contribution >= 0.6 is 0 Å². The lowest BCUT2D eigenvalue weighted by Gasteiger charge is -2.39. The number of hydrogen-bond donors (Lipinski definition) is 1. The monoisotopic (exact) mass is 232 g/mol. The van der Waals surface area contributed by atoms with Crippen molar-refractivity contribution in [2.45, 2.75) is 45.2 Å². The molecule has 1 aliphatic rings. The molecule has 1 aliphatic heterocycles. The molecule has 1 aromatic carbocycles. The maximum Gasteiger partial charge on any atom is 0.0499 e. The van der Waals surface area contributed by atoms with Gasteiger partial charge in [0.2, 0.25) is 0 Å². The zero-order valence-electron chi connectivity index (χ0n) is 11.0. The summed E-state index contributed by atoms with van der Waals surface area (Å²) in [7, 11) is 0. The molecule has 0 radical (unpaired) electrons. The molecular weight excluding hydrogens is 208 g/mol. The van der Waals surface area contributed by atoms with E-state index in [2.05, 4.69) is 43.0 Å². The fraction of sp³-hybridized carbons (Fsp3) is 0.600. The molecule has 2 nitrogen and oxygen atoms in total. The van der Waals surface area contributed by atoms with Crippen molar-refractivity contribution in [2.24, 2.45) is 5.73 Å². The van der Waals surface area contributed by atoms with E-state index in [1.54, 1.807) is 0 Å². The van der Waals surface area contributed by atoms with Crippen LogP contribution in [0.25, 0.3) is 0 Å². The Kier molecular flexibility index (Phi) is 4.19. The summed E-state index contributed by atoms with van der Waals surface area (Å²) >= 11 is 0. The van der Waals surface area contributed by atoms with Crippen LogP contribution in [-0.2, 0) is 6.42 Å². The number of benzene rings is 1. The Bertz CT molecular complexity index is 344. The molecule has 2 heteroatoms. The topological polar surface area (TPSA) is 29.3 Å². The minimum Gasteiger partial charge on any atom is -0.326 e. The second-order valence-corrected chi connectivity index (χ2v) is 4.97. The maximum absolute atomic E-state index is 6.31. The number of nitrogens with two attached hydrogens (primary N) is 1. The third-order valence-corrected chi connectivity index (χ3v) is 3.92. The van der Waals surface area contributed by atoms with E-state index in [4.69, 9.17) is 5.73 Å². The first-order valence-electron chi connectivity index (χ1n) is 6.84. The Morgan fingerprint density at radius 1 is 1.24 bits per heavy atom. The van der Waals surface area contributed by atoms with Crippen molar-refractivity contribution >= 4 is 0 Å². The van der Waals surface area contributed by atoms with Gasteiger partial charge in [0, 0.05) is 12.1 Å². The maximum atomic E-state index is 6.31. The van der Waals surface area contributed by atoms with Crippen molar-refractivity contribution in [2.75, 3.05) is 13.1 Å². The van der Waals surface area contributed by atoms with Crippen molar-refractivity contribution in [1.82, 2.24) is 4.90 Å². The van der Waals surface area contributed by atoms with Crippen molar-refractivity contribution < 1.29 is 0 Å². The number of piperidine rings is 1. The highest BCUT2D eigenvalue weighted by Gasteiger charge is 2.28. The molecule has 0 saturated carbocycles. The molecule has 0 aliphatic carbocycles. The third-order valence-electron chi connectivity index (χ3n) is 3.92. The SMILES string of the molecule is CCc1ccc(C2C(N)CCCN2CC)cc1. The van der Waals surface area contributed by atoms with E-state index >= 15 is 0 Å². The summed E-state index contributed by atoms with van der Waals surface area (Å²) in [6.45, 7) is 6.70. The number of hydrogen-bond acceptors (Lipinski definition) is 2. The molecule has 1 saturated heterocycles. The van der Waals surface area contributed by atoms with Gasteiger partial charge in [-0.15, -0.1) is 0 Å². The number of aryl methyl sites for hydroxylation is 1. The van der Waals surface area contributed by atoms with Crippen molar-refractivity contribution in [1.29, 1.82) is 0 Å². The van der Waals surface area contributed by atoms with Crippen LogP contribution in [0, 0.1) is 0 Å². The van der Waals surface area contributed by atoms with E-state index < -0.39 is 0 Å². The van der Waals surface area contributed by atoms with E-state index in [1.807, 2.05) is 0 Å². The standard InChI is InChI=1S/C15H24N2/c1-3-12-7-9-13(10-8-12)15-14(16)6-5-11-17(15)4-2/h7-10,14-15H,3-6,11,16H2,1-2H3. The number of nitrogens with zero attached hydrogens (tertiary/aromatic N) is 1. The first-order valence-corrected chi connectivity index (χ1v) is 6.84. The zero-order valence-corrected chi connectivity index (χ0v) is 11.0. The lowest BCUT2D eigenvalue weighted by molar-refractivity contribution is 0.136. The molecule has 0 amide bonds. The third kappa shape index (κ3) is 2.70. The van der Waals surface area contributed by atoms with E-state index in [-0.39, 0.29) is 6.04 Å². The van der Waals surface area contributed by atoms with Crippen molar-refractivity contribution in [3.8, 4) is 0 Å². The lowest BCUT2D eigenvalue weighted by Crippen LogP contribution is -2.45. The Morgan fingerprint density at radius 3 is 2.53 bits per heavy atom. The number of likely N-dealkylation sites (tertiary alicyclic amines) is 1. The quantitative estimate of drug-likeness (QED) is 0.868. The van der Waals surface area contributed by atoms with Gasteiger partial charge in [-0.1, -0.05) is 38.1 Å². The molecule has 0 aromatic heterocycles. The molecule has 1 aromatic rings. The number of likely N-dealkylation sites (N-methyl/N-ethyl adjacent to an activating group) is 1. The van der Waals surface area contributed by atoms with E-state index in [1.165, 1.54) is 24.1 Å². The zero-order chi connectivity index (χ0) is 12.3. The van der Waals surface area contributed by atoms with Crippen LogP contribution < -0.4 is 5.73 Å². The summed E-state index contributed by atoms with van der Waals surface area (Å²) in [6, 6.07) is 9.71. The highest BCUT2D eigenvalue weighted by molar-refractivity contribution is 5.26. The summed E-state index contributed by atoms with van der Waals surface area (Å²) < 4.78 is 0. The first-order chi connectivity index (χ1) is 8.26. The van der Waals surface area contributed by atoms with Crippen LogP contribution in [0.2, 0.25) is 0 Å². The minimum absolute atomic E-state index is 0.288. The molecule has 2 N–H and O–H groups in total. The van der Waals surface area contributed by atoms with Gasteiger partial charge in [-0.3, -0.25) is 4.90 Å². The van der Waals surface area contributed by atoms with Gasteiger partial charge in [0.25, 0.3) is 0 Å². The summed E-state index contributed by atoms with van der Waals surface area (Å²) in [5, 5.41) is 0. The normalized spacial score (nSPS) is 26.1. The average Bonchev–Trinajstić information content (AvgIpc) is 2.38. The van der Waals surface area contributed by atoms with E-state index in [9.17, 15) is 0 Å². The highest BCUT2D eigenvalue weighted by Crippen LogP contribution is 2.29. The molecule has 17 heavy (non-hydrogen) atoms. The number of rotatable bonds is 3. The van der Waals surface area contributed by atoms with Crippen LogP contribution in [0.5, 0.6) is 0 Å². The molecule has 1 heterocycles. The van der Waals surface area contributed by atoms with Gasteiger partial charge in [0.1, 0.15) is 0 Å². The predicted molar refractivity (Wildman–Crippen MR) is 73.0 cm³/mol. The van der Waals surface area contributed by atoms with E-state index in [0.29, 0.717) is 6.04 Å². The Hall–Kier alpha value is -0.860. The van der Waals surface area contributed by atoms with Gasteiger partial charge in [0.15, 0.2) is 0 Å². The molecule has 2 rings (SSSR count). The molecule has 1 fully saturated rings. The largest absolute Gasteiger partial charge is 0.326 e. The van der Waals surface area contributed by atoms with Crippen LogP contribution in [0.1, 0.15) is 43.9 Å². The first kappa shape index (κ1) is 12.6. The van der Waals surface area contributed by atoms with Gasteiger partial charge in [-0.2, -0.15) is 0 Å². The van der Waals surface area contributed by atoms with Gasteiger partial charge in [0.05, 0.1) is 0 Å². The summed E-state index contributed by atoms with van der Waals surface area (Å²) in [4.78, 5) is 2.51. The van der Waals surface area contributed by atoms with E-state index in [0.717, 1.165) is 19.4 Å². The Balaban J connectivity index is 2.21. The molecular formula is C15H24N2. The summed E-state index contributed by atoms with van der Waals surface area (Å²) in [5.74, 6) is 0. The lowest BCUT2D eigenvalue weighted by atomic mass is 9.90. The highest BCUT2D eigenvalue weighted by atomic mass is 15.2. The van der Waals surface area contributed by atoms with Gasteiger partial charge < -0.3 is 5.73 Å². The Labute approximate surface area is 105 Å². The molecule has 0 spiro atoms. The average molecular weight is 232 g/mol. The van der Waals surface area contributed by atoms with Crippen LogP contribution in [0.4, 0.5) is 0 Å². The summed E-state index contributed by atoms with van der Waals surface area (Å²) in [5.41, 5.74) is 9.10. The molecule has 2 unspecified atom stereocenters. The summed E-state index contributed by atoms with van der Waals surface area (Å²) in [6.07, 6.45) is 3.49. The fourth-order valence-electron chi connectivity index (χ4n) is 2.86. The second kappa shape index (κ2) is 5.65. The van der Waals surface area contributed by atoms with Crippen LogP contribution in [0.15, 0.2) is 24.3 Å². The molecule has 2 atom stereocenters. The second-order valence-electron chi connectivity index (χ2n) is 4.97. The Morgan fingerprint density at radius 2 is 1.94 bits per heavy atom. The predicted octanol–water partition coefficient (Wildman–Crippen LogP) is 2.73. The van der Waals surface area contributed by atoms with Gasteiger partial charge >= 0.3 is 0 Å².